The maximum absolute atomic E-state index is 12.3. The molecule has 0 unspecified atom stereocenters. The van der Waals surface area contributed by atoms with Crippen molar-refractivity contribution in [2.75, 3.05) is 106 Å². The van der Waals surface area contributed by atoms with Gasteiger partial charge in [-0.1, -0.05) is 12.1 Å². The predicted octanol–water partition coefficient (Wildman–Crippen LogP) is 2.29. The molecule has 0 aromatic heterocycles. The van der Waals surface area contributed by atoms with Crippen LogP contribution in [-0.4, -0.2) is 129 Å². The second-order valence-electron chi connectivity index (χ2n) is 9.13. The number of carbonyl (C=O) groups excluding carboxylic acids is 3. The maximum atomic E-state index is 12.3. The third-order valence-electron chi connectivity index (χ3n) is 6.08. The summed E-state index contributed by atoms with van der Waals surface area (Å²) in [5.41, 5.74) is 1.49. The van der Waals surface area contributed by atoms with E-state index in [0.29, 0.717) is 115 Å². The van der Waals surface area contributed by atoms with Crippen molar-refractivity contribution in [3.8, 4) is 5.75 Å². The Morgan fingerprint density at radius 2 is 0.860 bits per heavy atom. The van der Waals surface area contributed by atoms with Crippen LogP contribution in [0.15, 0.2) is 48.5 Å². The molecule has 43 heavy (non-hydrogen) atoms. The van der Waals surface area contributed by atoms with Gasteiger partial charge in [0.05, 0.1) is 110 Å². The molecule has 2 aromatic rings. The average molecular weight is 604 g/mol. The van der Waals surface area contributed by atoms with E-state index in [4.69, 9.17) is 37.9 Å². The monoisotopic (exact) mass is 603 g/mol. The van der Waals surface area contributed by atoms with E-state index in [0.717, 1.165) is 6.29 Å². The molecule has 0 saturated heterocycles. The predicted molar refractivity (Wildman–Crippen MR) is 155 cm³/mol. The van der Waals surface area contributed by atoms with Crippen molar-refractivity contribution in [1.29, 1.82) is 0 Å². The molecule has 12 heteroatoms. The lowest BCUT2D eigenvalue weighted by Gasteiger charge is -2.13. The van der Waals surface area contributed by atoms with Gasteiger partial charge < -0.3 is 37.9 Å². The fraction of sp³-hybridized carbons (Fsp3) is 0.516. The Morgan fingerprint density at radius 3 is 1.26 bits per heavy atom. The highest BCUT2D eigenvalue weighted by molar-refractivity contribution is 6.21. The Labute approximate surface area is 252 Å². The van der Waals surface area contributed by atoms with Gasteiger partial charge in [-0.3, -0.25) is 19.3 Å². The molecule has 0 bridgehead atoms. The van der Waals surface area contributed by atoms with Crippen LogP contribution in [0.25, 0.3) is 0 Å². The molecule has 0 saturated carbocycles. The second kappa shape index (κ2) is 21.5. The van der Waals surface area contributed by atoms with Crippen LogP contribution in [-0.2, 0) is 33.2 Å². The van der Waals surface area contributed by atoms with E-state index in [9.17, 15) is 14.4 Å². The Morgan fingerprint density at radius 1 is 0.488 bits per heavy atom. The minimum Gasteiger partial charge on any atom is -0.491 e. The van der Waals surface area contributed by atoms with Crippen molar-refractivity contribution in [1.82, 2.24) is 4.90 Å². The van der Waals surface area contributed by atoms with Crippen molar-refractivity contribution in [2.24, 2.45) is 0 Å². The first-order valence-electron chi connectivity index (χ1n) is 14.4. The van der Waals surface area contributed by atoms with Gasteiger partial charge in [-0.25, -0.2) is 0 Å². The van der Waals surface area contributed by atoms with Crippen LogP contribution >= 0.6 is 0 Å². The minimum absolute atomic E-state index is 0.212. The van der Waals surface area contributed by atoms with Crippen molar-refractivity contribution in [3.63, 3.8) is 0 Å². The number of aldehydes is 1. The standard InChI is InChI=1S/C31H41NO11/c33-25-26-5-7-27(8-6-26)43-24-23-42-22-21-41-20-19-40-18-17-39-16-15-38-14-13-37-12-11-36-10-9-32-30(34)28-3-1-2-4-29(28)31(32)35/h1-8,25H,9-24H2. The van der Waals surface area contributed by atoms with Crippen LogP contribution in [0.4, 0.5) is 0 Å². The number of hydrogen-bond donors (Lipinski definition) is 0. The lowest BCUT2D eigenvalue weighted by Crippen LogP contribution is -2.33. The maximum Gasteiger partial charge on any atom is 0.261 e. The highest BCUT2D eigenvalue weighted by atomic mass is 16.6. The van der Waals surface area contributed by atoms with Crippen molar-refractivity contribution >= 4 is 18.1 Å². The van der Waals surface area contributed by atoms with E-state index in [1.807, 2.05) is 0 Å². The molecule has 1 aliphatic heterocycles. The van der Waals surface area contributed by atoms with E-state index >= 15 is 0 Å². The first-order valence-corrected chi connectivity index (χ1v) is 14.4. The molecular formula is C31H41NO11. The topological polar surface area (TPSA) is 128 Å². The highest BCUT2D eigenvalue weighted by Crippen LogP contribution is 2.21. The smallest absolute Gasteiger partial charge is 0.261 e. The molecule has 2 amide bonds. The normalized spacial score (nSPS) is 12.6. The van der Waals surface area contributed by atoms with Gasteiger partial charge in [-0.2, -0.15) is 0 Å². The SMILES string of the molecule is O=Cc1ccc(OCCOCCOCCOCCOCCOCCOCCOCCN2C(=O)c3ccccc3C2=O)cc1. The molecule has 0 N–H and O–H groups in total. The zero-order chi connectivity index (χ0) is 30.4. The summed E-state index contributed by atoms with van der Waals surface area (Å²) in [4.78, 5) is 36.4. The fourth-order valence-electron chi connectivity index (χ4n) is 3.88. The number of benzene rings is 2. The van der Waals surface area contributed by atoms with E-state index < -0.39 is 0 Å². The van der Waals surface area contributed by atoms with Gasteiger partial charge >= 0.3 is 0 Å². The Kier molecular flexibility index (Phi) is 17.1. The first kappa shape index (κ1) is 34.3. The van der Waals surface area contributed by atoms with E-state index in [-0.39, 0.29) is 25.0 Å². The highest BCUT2D eigenvalue weighted by Gasteiger charge is 2.34. The van der Waals surface area contributed by atoms with Gasteiger partial charge in [-0.15, -0.1) is 0 Å². The van der Waals surface area contributed by atoms with Gasteiger partial charge in [-0.05, 0) is 36.4 Å². The molecule has 3 rings (SSSR count). The van der Waals surface area contributed by atoms with Crippen molar-refractivity contribution in [2.45, 2.75) is 0 Å². The van der Waals surface area contributed by atoms with E-state index in [1.165, 1.54) is 4.90 Å². The molecular weight excluding hydrogens is 562 g/mol. The Hall–Kier alpha value is -3.23. The summed E-state index contributed by atoms with van der Waals surface area (Å²) in [6.45, 7) is 6.73. The Balaban J connectivity index is 0.975. The molecule has 0 aliphatic carbocycles. The summed E-state index contributed by atoms with van der Waals surface area (Å²) in [5, 5.41) is 0. The van der Waals surface area contributed by atoms with Crippen LogP contribution in [0, 0.1) is 0 Å². The number of ether oxygens (including phenoxy) is 8. The van der Waals surface area contributed by atoms with Crippen LogP contribution in [0.2, 0.25) is 0 Å². The summed E-state index contributed by atoms with van der Waals surface area (Å²) in [6.07, 6.45) is 0.792. The molecule has 0 atom stereocenters. The zero-order valence-electron chi connectivity index (χ0n) is 24.4. The van der Waals surface area contributed by atoms with E-state index in [2.05, 4.69) is 0 Å². The largest absolute Gasteiger partial charge is 0.491 e. The quantitative estimate of drug-likeness (QED) is 0.0893. The van der Waals surface area contributed by atoms with Crippen LogP contribution in [0.1, 0.15) is 31.1 Å². The van der Waals surface area contributed by atoms with Gasteiger partial charge in [0.1, 0.15) is 18.6 Å². The number of imide groups is 1. The average Bonchev–Trinajstić information content (AvgIpc) is 3.28. The Bertz CT molecular complexity index is 1040. The van der Waals surface area contributed by atoms with E-state index in [1.54, 1.807) is 48.5 Å². The molecule has 1 heterocycles. The number of nitrogens with zero attached hydrogens (tertiary/aromatic N) is 1. The van der Waals surface area contributed by atoms with Crippen LogP contribution in [0.5, 0.6) is 5.75 Å². The van der Waals surface area contributed by atoms with Crippen molar-refractivity contribution < 1.29 is 52.3 Å². The number of hydrogen-bond acceptors (Lipinski definition) is 11. The number of carbonyl (C=O) groups is 3. The lowest BCUT2D eigenvalue weighted by atomic mass is 10.1. The number of amides is 2. The van der Waals surface area contributed by atoms with Crippen LogP contribution in [0.3, 0.4) is 0 Å². The van der Waals surface area contributed by atoms with Gasteiger partial charge in [0.25, 0.3) is 11.8 Å². The van der Waals surface area contributed by atoms with Crippen LogP contribution < -0.4 is 4.74 Å². The molecule has 1 aliphatic rings. The van der Waals surface area contributed by atoms with Gasteiger partial charge in [0.2, 0.25) is 0 Å². The van der Waals surface area contributed by atoms with Gasteiger partial charge in [0, 0.05) is 5.56 Å². The molecule has 0 fully saturated rings. The molecule has 12 nitrogen and oxygen atoms in total. The third-order valence-corrected chi connectivity index (χ3v) is 6.08. The second-order valence-corrected chi connectivity index (χ2v) is 9.13. The summed E-state index contributed by atoms with van der Waals surface area (Å²) in [6, 6.07) is 13.7. The molecule has 236 valence electrons. The number of fused-ring (bicyclic) bond motifs is 1. The number of rotatable bonds is 26. The van der Waals surface area contributed by atoms with Gasteiger partial charge in [0.15, 0.2) is 0 Å². The molecule has 0 spiro atoms. The summed E-state index contributed by atoms with van der Waals surface area (Å²) in [5.74, 6) is 0.137. The first-order chi connectivity index (χ1) is 21.2. The summed E-state index contributed by atoms with van der Waals surface area (Å²) in [7, 11) is 0. The summed E-state index contributed by atoms with van der Waals surface area (Å²) < 4.78 is 43.7. The zero-order valence-corrected chi connectivity index (χ0v) is 24.4. The third kappa shape index (κ3) is 13.3. The lowest BCUT2D eigenvalue weighted by molar-refractivity contribution is -0.0214. The molecule has 2 aromatic carbocycles. The summed E-state index contributed by atoms with van der Waals surface area (Å²) >= 11 is 0. The fourth-order valence-corrected chi connectivity index (χ4v) is 3.88. The molecule has 0 radical (unpaired) electrons. The van der Waals surface area contributed by atoms with Crippen molar-refractivity contribution in [3.05, 3.63) is 65.2 Å². The minimum atomic E-state index is -0.280.